The molecule has 5 nitrogen and oxygen atoms in total. The van der Waals surface area contributed by atoms with Crippen LogP contribution in [0.15, 0.2) is 58.0 Å². The monoisotopic (exact) mass is 386 g/mol. The maximum atomic E-state index is 12.9. The molecule has 1 atom stereocenters. The lowest BCUT2D eigenvalue weighted by atomic mass is 9.89. The molecule has 1 heterocycles. The van der Waals surface area contributed by atoms with Crippen LogP contribution in [0, 0.1) is 0 Å². The predicted molar refractivity (Wildman–Crippen MR) is 95.6 cm³/mol. The molecule has 1 N–H and O–H groups in total. The van der Waals surface area contributed by atoms with E-state index in [-0.39, 0.29) is 25.0 Å². The first-order chi connectivity index (χ1) is 11.6. The Morgan fingerprint density at radius 1 is 1.17 bits per heavy atom. The van der Waals surface area contributed by atoms with Crippen LogP contribution in [0.1, 0.15) is 21.8 Å². The second kappa shape index (κ2) is 7.07. The fourth-order valence-corrected chi connectivity index (χ4v) is 3.08. The highest BCUT2D eigenvalue weighted by Crippen LogP contribution is 2.32. The van der Waals surface area contributed by atoms with Gasteiger partial charge >= 0.3 is 0 Å². The van der Waals surface area contributed by atoms with Crippen LogP contribution >= 0.6 is 15.9 Å². The Kier molecular flexibility index (Phi) is 4.87. The van der Waals surface area contributed by atoms with Crippen molar-refractivity contribution < 1.29 is 14.7 Å². The fourth-order valence-electron chi connectivity index (χ4n) is 2.70. The average molecular weight is 387 g/mol. The van der Waals surface area contributed by atoms with Gasteiger partial charge in [0.1, 0.15) is 0 Å². The molecular formula is C18H15BrN2O3. The van der Waals surface area contributed by atoms with Crippen molar-refractivity contribution in [2.45, 2.75) is 5.92 Å². The van der Waals surface area contributed by atoms with Crippen molar-refractivity contribution in [2.24, 2.45) is 4.99 Å². The summed E-state index contributed by atoms with van der Waals surface area (Å²) in [5.41, 5.74) is 1.63. The van der Waals surface area contributed by atoms with Crippen molar-refractivity contribution in [3.63, 3.8) is 0 Å². The molecule has 0 aromatic heterocycles. The molecule has 0 fully saturated rings. The third-order valence-electron chi connectivity index (χ3n) is 3.77. The van der Waals surface area contributed by atoms with Gasteiger partial charge in [-0.3, -0.25) is 14.6 Å². The Morgan fingerprint density at radius 2 is 1.96 bits per heavy atom. The van der Waals surface area contributed by atoms with Crippen LogP contribution in [0.5, 0.6) is 0 Å². The molecule has 6 heteroatoms. The molecule has 3 rings (SSSR count). The molecular weight excluding hydrogens is 372 g/mol. The maximum Gasteiger partial charge on any atom is 0.265 e. The first kappa shape index (κ1) is 16.5. The molecule has 0 bridgehead atoms. The molecule has 0 unspecified atom stereocenters. The zero-order chi connectivity index (χ0) is 17.1. The van der Waals surface area contributed by atoms with E-state index in [1.165, 1.54) is 11.1 Å². The predicted octanol–water partition coefficient (Wildman–Crippen LogP) is 2.78. The standard InChI is InChI=1S/C18H15BrN2O3/c19-12-4-3-5-13(10-12)21-17(23)15-7-2-1-6-14(15)16(18(21)24)11-20-8-9-22/h1-7,10-11,16,22H,8-9H2/t16-/m0/s1. The van der Waals surface area contributed by atoms with Gasteiger partial charge in [-0.15, -0.1) is 0 Å². The summed E-state index contributed by atoms with van der Waals surface area (Å²) < 4.78 is 0.782. The minimum atomic E-state index is -0.649. The lowest BCUT2D eigenvalue weighted by Crippen LogP contribution is -2.45. The van der Waals surface area contributed by atoms with E-state index in [1.807, 2.05) is 6.07 Å². The van der Waals surface area contributed by atoms with Gasteiger partial charge in [0.25, 0.3) is 5.91 Å². The van der Waals surface area contributed by atoms with Crippen LogP contribution in [-0.4, -0.2) is 36.3 Å². The number of aliphatic imine (C=N–C) groups is 1. The number of halogens is 1. The van der Waals surface area contributed by atoms with E-state index < -0.39 is 5.92 Å². The third-order valence-corrected chi connectivity index (χ3v) is 4.26. The molecule has 1 aliphatic rings. The molecule has 0 aliphatic carbocycles. The summed E-state index contributed by atoms with van der Waals surface area (Å²) in [6.45, 7) is 0.129. The number of carbonyl (C=O) groups is 2. The van der Waals surface area contributed by atoms with Crippen molar-refractivity contribution in [2.75, 3.05) is 18.1 Å². The number of nitrogens with zero attached hydrogens (tertiary/aromatic N) is 2. The number of benzene rings is 2. The minimum absolute atomic E-state index is 0.0899. The van der Waals surface area contributed by atoms with E-state index in [1.54, 1.807) is 42.5 Å². The molecule has 2 aromatic carbocycles. The molecule has 0 saturated heterocycles. The van der Waals surface area contributed by atoms with Gasteiger partial charge in [-0.05, 0) is 29.8 Å². The highest BCUT2D eigenvalue weighted by atomic mass is 79.9. The summed E-state index contributed by atoms with van der Waals surface area (Å²) in [5.74, 6) is -1.34. The number of aliphatic hydroxyl groups is 1. The van der Waals surface area contributed by atoms with Crippen LogP contribution in [0.25, 0.3) is 0 Å². The van der Waals surface area contributed by atoms with Crippen molar-refractivity contribution in [1.29, 1.82) is 0 Å². The summed E-state index contributed by atoms with van der Waals surface area (Å²) >= 11 is 3.36. The SMILES string of the molecule is O=C1c2ccccc2[C@H](C=NCCO)C(=O)N1c1cccc(Br)c1. The van der Waals surface area contributed by atoms with Crippen LogP contribution in [0.3, 0.4) is 0 Å². The van der Waals surface area contributed by atoms with E-state index in [4.69, 9.17) is 5.11 Å². The Hall–Kier alpha value is -2.31. The number of fused-ring (bicyclic) bond motifs is 1. The minimum Gasteiger partial charge on any atom is -0.394 e. The van der Waals surface area contributed by atoms with Crippen LogP contribution in [0.2, 0.25) is 0 Å². The average Bonchev–Trinajstić information content (AvgIpc) is 2.58. The normalized spacial score (nSPS) is 17.4. The van der Waals surface area contributed by atoms with Gasteiger partial charge in [-0.25, -0.2) is 4.90 Å². The topological polar surface area (TPSA) is 70.0 Å². The first-order valence-electron chi connectivity index (χ1n) is 7.47. The van der Waals surface area contributed by atoms with E-state index in [0.29, 0.717) is 16.8 Å². The molecule has 2 amide bonds. The molecule has 2 aromatic rings. The fraction of sp³-hybridized carbons (Fsp3) is 0.167. The second-order valence-electron chi connectivity index (χ2n) is 5.30. The van der Waals surface area contributed by atoms with Crippen molar-refractivity contribution in [3.05, 3.63) is 64.1 Å². The van der Waals surface area contributed by atoms with Gasteiger partial charge in [0.2, 0.25) is 5.91 Å². The number of anilines is 1. The summed E-state index contributed by atoms with van der Waals surface area (Å²) in [5, 5.41) is 8.89. The lowest BCUT2D eigenvalue weighted by Gasteiger charge is -2.31. The van der Waals surface area contributed by atoms with E-state index in [2.05, 4.69) is 20.9 Å². The summed E-state index contributed by atoms with van der Waals surface area (Å²) in [4.78, 5) is 31.0. The van der Waals surface area contributed by atoms with Crippen molar-refractivity contribution >= 4 is 39.6 Å². The van der Waals surface area contributed by atoms with Gasteiger partial charge in [0.05, 0.1) is 24.8 Å². The van der Waals surface area contributed by atoms with Gasteiger partial charge in [-0.2, -0.15) is 0 Å². The van der Waals surface area contributed by atoms with Crippen LogP contribution in [-0.2, 0) is 4.79 Å². The first-order valence-corrected chi connectivity index (χ1v) is 8.26. The number of aliphatic hydroxyl groups excluding tert-OH is 1. The number of hydrogen-bond donors (Lipinski definition) is 1. The number of imide groups is 1. The Labute approximate surface area is 147 Å². The van der Waals surface area contributed by atoms with E-state index >= 15 is 0 Å². The Morgan fingerprint density at radius 3 is 2.71 bits per heavy atom. The quantitative estimate of drug-likeness (QED) is 0.648. The van der Waals surface area contributed by atoms with E-state index in [0.717, 1.165) is 4.47 Å². The van der Waals surface area contributed by atoms with Gasteiger partial charge in [0.15, 0.2) is 0 Å². The summed E-state index contributed by atoms with van der Waals surface area (Å²) in [6, 6.07) is 14.1. The number of hydrogen-bond acceptors (Lipinski definition) is 4. The molecule has 0 saturated carbocycles. The van der Waals surface area contributed by atoms with Crippen LogP contribution < -0.4 is 4.90 Å². The highest BCUT2D eigenvalue weighted by Gasteiger charge is 2.38. The van der Waals surface area contributed by atoms with Gasteiger partial charge in [0, 0.05) is 16.3 Å². The lowest BCUT2D eigenvalue weighted by molar-refractivity contribution is -0.118. The smallest absolute Gasteiger partial charge is 0.265 e. The van der Waals surface area contributed by atoms with Crippen molar-refractivity contribution in [3.8, 4) is 0 Å². The third kappa shape index (κ3) is 3.02. The zero-order valence-electron chi connectivity index (χ0n) is 12.7. The molecule has 0 radical (unpaired) electrons. The zero-order valence-corrected chi connectivity index (χ0v) is 14.3. The number of amides is 2. The van der Waals surface area contributed by atoms with Crippen molar-refractivity contribution in [1.82, 2.24) is 0 Å². The maximum absolute atomic E-state index is 12.9. The number of carbonyl (C=O) groups excluding carboxylic acids is 2. The van der Waals surface area contributed by atoms with E-state index in [9.17, 15) is 9.59 Å². The molecule has 122 valence electrons. The van der Waals surface area contributed by atoms with Gasteiger partial charge < -0.3 is 5.11 Å². The highest BCUT2D eigenvalue weighted by molar-refractivity contribution is 9.10. The van der Waals surface area contributed by atoms with Crippen LogP contribution in [0.4, 0.5) is 5.69 Å². The molecule has 1 aliphatic heterocycles. The molecule has 24 heavy (non-hydrogen) atoms. The second-order valence-corrected chi connectivity index (χ2v) is 6.22. The summed E-state index contributed by atoms with van der Waals surface area (Å²) in [7, 11) is 0. The summed E-state index contributed by atoms with van der Waals surface area (Å²) in [6.07, 6.45) is 1.51. The number of rotatable bonds is 4. The van der Waals surface area contributed by atoms with Gasteiger partial charge in [-0.1, -0.05) is 40.2 Å². The Balaban J connectivity index is 2.09. The Bertz CT molecular complexity index is 819. The molecule has 0 spiro atoms. The largest absolute Gasteiger partial charge is 0.394 e.